The van der Waals surface area contributed by atoms with Crippen LogP contribution in [0.25, 0.3) is 0 Å². The van der Waals surface area contributed by atoms with Crippen molar-refractivity contribution in [2.24, 2.45) is 0 Å². The van der Waals surface area contributed by atoms with Crippen LogP contribution < -0.4 is 10.1 Å². The van der Waals surface area contributed by atoms with Crippen LogP contribution in [-0.2, 0) is 9.53 Å². The van der Waals surface area contributed by atoms with E-state index in [4.69, 9.17) is 9.47 Å². The number of ether oxygens (including phenoxy) is 2. The van der Waals surface area contributed by atoms with Gasteiger partial charge in [0, 0.05) is 17.6 Å². The third kappa shape index (κ3) is 5.10. The topological polar surface area (TPSA) is 76.6 Å². The second kappa shape index (κ2) is 9.02. The third-order valence-corrected chi connectivity index (χ3v) is 5.31. The number of morpholine rings is 1. The Hall–Kier alpha value is -2.97. The molecule has 3 heterocycles. The van der Waals surface area contributed by atoms with Crippen molar-refractivity contribution < 1.29 is 14.3 Å². The Morgan fingerprint density at radius 1 is 1.28 bits per heavy atom. The van der Waals surface area contributed by atoms with Gasteiger partial charge in [-0.1, -0.05) is 24.3 Å². The van der Waals surface area contributed by atoms with Crippen LogP contribution >= 0.6 is 11.3 Å². The van der Waals surface area contributed by atoms with Gasteiger partial charge in [-0.3, -0.25) is 4.79 Å². The molecule has 0 radical (unpaired) electrons. The average Bonchev–Trinajstić information content (AvgIpc) is 3.17. The van der Waals surface area contributed by atoms with Gasteiger partial charge >= 0.3 is 0 Å². The average molecular weight is 410 g/mol. The summed E-state index contributed by atoms with van der Waals surface area (Å²) < 4.78 is 11.5. The Morgan fingerprint density at radius 2 is 2.14 bits per heavy atom. The molecule has 2 aromatic heterocycles. The molecule has 29 heavy (non-hydrogen) atoms. The van der Waals surface area contributed by atoms with E-state index in [-0.39, 0.29) is 18.6 Å². The number of benzene rings is 1. The number of pyridine rings is 1. The summed E-state index contributed by atoms with van der Waals surface area (Å²) in [5.74, 6) is 1.33. The first-order valence-electron chi connectivity index (χ1n) is 9.41. The van der Waals surface area contributed by atoms with Crippen molar-refractivity contribution in [3.63, 3.8) is 0 Å². The third-order valence-electron chi connectivity index (χ3n) is 4.48. The summed E-state index contributed by atoms with van der Waals surface area (Å²) in [5.41, 5.74) is 0.782. The maximum atomic E-state index is 12.6. The highest BCUT2D eigenvalue weighted by Crippen LogP contribution is 2.25. The first-order valence-corrected chi connectivity index (χ1v) is 10.2. The van der Waals surface area contributed by atoms with E-state index < -0.39 is 0 Å². The zero-order chi connectivity index (χ0) is 20.1. The zero-order valence-corrected chi connectivity index (χ0v) is 16.9. The number of carbonyl (C=O) groups is 1. The van der Waals surface area contributed by atoms with Gasteiger partial charge in [-0.25, -0.2) is 9.97 Å². The van der Waals surface area contributed by atoms with Crippen molar-refractivity contribution in [1.29, 1.82) is 0 Å². The first-order chi connectivity index (χ1) is 14.2. The molecule has 1 unspecified atom stereocenters. The molecule has 1 saturated heterocycles. The van der Waals surface area contributed by atoms with Gasteiger partial charge < -0.3 is 19.7 Å². The number of aryl methyl sites for hydroxylation is 1. The molecule has 1 atom stereocenters. The van der Waals surface area contributed by atoms with Gasteiger partial charge in [0.25, 0.3) is 5.91 Å². The minimum Gasteiger partial charge on any atom is -0.484 e. The van der Waals surface area contributed by atoms with Crippen LogP contribution in [0.3, 0.4) is 0 Å². The summed E-state index contributed by atoms with van der Waals surface area (Å²) in [6.45, 7) is 3.48. The van der Waals surface area contributed by atoms with E-state index >= 15 is 0 Å². The molecule has 1 fully saturated rings. The molecule has 7 nitrogen and oxygen atoms in total. The van der Waals surface area contributed by atoms with Gasteiger partial charge in [0.2, 0.25) is 0 Å². The Morgan fingerprint density at radius 3 is 2.93 bits per heavy atom. The van der Waals surface area contributed by atoms with Crippen LogP contribution in [-0.4, -0.2) is 47.1 Å². The van der Waals surface area contributed by atoms with Gasteiger partial charge in [-0.05, 0) is 31.2 Å². The zero-order valence-electron chi connectivity index (χ0n) is 16.1. The highest BCUT2D eigenvalue weighted by molar-refractivity contribution is 7.15. The lowest BCUT2D eigenvalue weighted by Crippen LogP contribution is -2.44. The van der Waals surface area contributed by atoms with Crippen molar-refractivity contribution in [3.05, 3.63) is 65.3 Å². The molecular weight excluding hydrogens is 388 g/mol. The normalized spacial score (nSPS) is 16.4. The number of para-hydroxylation sites is 1. The highest BCUT2D eigenvalue weighted by Gasteiger charge is 2.26. The van der Waals surface area contributed by atoms with Crippen LogP contribution in [0.4, 0.5) is 10.9 Å². The molecule has 1 aliphatic rings. The minimum absolute atomic E-state index is 0.00908. The summed E-state index contributed by atoms with van der Waals surface area (Å²) in [4.78, 5) is 24.4. The van der Waals surface area contributed by atoms with Crippen molar-refractivity contribution in [2.75, 3.05) is 31.6 Å². The summed E-state index contributed by atoms with van der Waals surface area (Å²) in [7, 11) is 0. The molecule has 1 amide bonds. The van der Waals surface area contributed by atoms with E-state index in [9.17, 15) is 4.79 Å². The van der Waals surface area contributed by atoms with E-state index in [1.54, 1.807) is 16.2 Å². The van der Waals surface area contributed by atoms with Crippen molar-refractivity contribution in [2.45, 2.75) is 13.0 Å². The Balaban J connectivity index is 1.37. The lowest BCUT2D eigenvalue weighted by molar-refractivity contribution is -0.141. The molecule has 1 aromatic carbocycles. The van der Waals surface area contributed by atoms with Gasteiger partial charge in [0.15, 0.2) is 11.7 Å². The summed E-state index contributed by atoms with van der Waals surface area (Å²) in [6, 6.07) is 15.1. The number of anilines is 2. The Kier molecular flexibility index (Phi) is 6.02. The first kappa shape index (κ1) is 19.4. The maximum absolute atomic E-state index is 12.6. The number of carbonyl (C=O) groups excluding carboxylic acids is 1. The number of thiazole rings is 1. The Bertz CT molecular complexity index is 963. The number of nitrogens with one attached hydrogen (secondary N) is 1. The van der Waals surface area contributed by atoms with Crippen molar-refractivity contribution in [1.82, 2.24) is 14.9 Å². The number of aromatic nitrogens is 2. The van der Waals surface area contributed by atoms with E-state index in [1.807, 2.05) is 61.7 Å². The summed E-state index contributed by atoms with van der Waals surface area (Å²) >= 11 is 1.57. The molecular formula is C21H22N4O3S. The fourth-order valence-corrected chi connectivity index (χ4v) is 3.70. The van der Waals surface area contributed by atoms with Gasteiger partial charge in [-0.2, -0.15) is 0 Å². The summed E-state index contributed by atoms with van der Waals surface area (Å²) in [5, 5.41) is 4.01. The van der Waals surface area contributed by atoms with Gasteiger partial charge in [0.1, 0.15) is 17.7 Å². The molecule has 0 saturated carbocycles. The highest BCUT2D eigenvalue weighted by atomic mass is 32.1. The van der Waals surface area contributed by atoms with E-state index in [0.717, 1.165) is 15.7 Å². The smallest absolute Gasteiger partial charge is 0.260 e. The minimum atomic E-state index is -0.274. The van der Waals surface area contributed by atoms with Gasteiger partial charge in [-0.15, -0.1) is 11.3 Å². The number of rotatable bonds is 6. The second-order valence-corrected chi connectivity index (χ2v) is 7.88. The lowest BCUT2D eigenvalue weighted by Gasteiger charge is -2.32. The fraction of sp³-hybridized carbons (Fsp3) is 0.286. The van der Waals surface area contributed by atoms with E-state index in [2.05, 4.69) is 15.3 Å². The lowest BCUT2D eigenvalue weighted by atomic mass is 10.2. The molecule has 1 aliphatic heterocycles. The van der Waals surface area contributed by atoms with Crippen LogP contribution in [0.15, 0.2) is 54.7 Å². The molecule has 0 spiro atoms. The van der Waals surface area contributed by atoms with Gasteiger partial charge in [0.05, 0.1) is 18.8 Å². The Labute approximate surface area is 173 Å². The predicted molar refractivity (Wildman–Crippen MR) is 112 cm³/mol. The van der Waals surface area contributed by atoms with Crippen LogP contribution in [0.5, 0.6) is 5.75 Å². The molecule has 1 N–H and O–H groups in total. The molecule has 3 aromatic rings. The standard InChI is InChI=1S/C21H22N4O3S/c1-15-12-22-21(29-15)24-19-9-5-8-17(23-19)18-13-25(10-11-27-18)20(26)14-28-16-6-3-2-4-7-16/h2-9,12,18H,10-11,13-14H2,1H3,(H,22,23,24). The number of hydrogen-bond acceptors (Lipinski definition) is 7. The molecule has 0 bridgehead atoms. The fourth-order valence-electron chi connectivity index (χ4n) is 3.03. The largest absolute Gasteiger partial charge is 0.484 e. The second-order valence-electron chi connectivity index (χ2n) is 6.65. The number of hydrogen-bond donors (Lipinski definition) is 1. The monoisotopic (exact) mass is 410 g/mol. The van der Waals surface area contributed by atoms with Crippen LogP contribution in [0.2, 0.25) is 0 Å². The predicted octanol–water partition coefficient (Wildman–Crippen LogP) is 3.57. The van der Waals surface area contributed by atoms with E-state index in [1.165, 1.54) is 0 Å². The SMILES string of the molecule is Cc1cnc(Nc2cccc(C3CN(C(=O)COc4ccccc4)CCO3)n2)s1. The maximum Gasteiger partial charge on any atom is 0.260 e. The number of amides is 1. The molecule has 8 heteroatoms. The molecule has 0 aliphatic carbocycles. The van der Waals surface area contributed by atoms with Crippen molar-refractivity contribution in [3.8, 4) is 5.75 Å². The molecule has 4 rings (SSSR count). The van der Waals surface area contributed by atoms with Crippen molar-refractivity contribution >= 4 is 28.2 Å². The molecule has 150 valence electrons. The quantitative estimate of drug-likeness (QED) is 0.670. The van der Waals surface area contributed by atoms with Crippen LogP contribution in [0.1, 0.15) is 16.7 Å². The van der Waals surface area contributed by atoms with Crippen LogP contribution in [0, 0.1) is 6.92 Å². The number of nitrogens with zero attached hydrogens (tertiary/aromatic N) is 3. The summed E-state index contributed by atoms with van der Waals surface area (Å²) in [6.07, 6.45) is 1.55. The van der Waals surface area contributed by atoms with E-state index in [0.29, 0.717) is 31.3 Å².